The highest BCUT2D eigenvalue weighted by molar-refractivity contribution is 7.90. The number of allylic oxidation sites excluding steroid dienone is 1. The summed E-state index contributed by atoms with van der Waals surface area (Å²) >= 11 is 6.22. The quantitative estimate of drug-likeness (QED) is 0.0773. The van der Waals surface area contributed by atoms with Crippen LogP contribution in [0.25, 0.3) is 16.6 Å². The van der Waals surface area contributed by atoms with Crippen molar-refractivity contribution in [3.8, 4) is 11.5 Å². The Morgan fingerprint density at radius 2 is 1.92 bits per heavy atom. The Morgan fingerprint density at radius 1 is 1.10 bits per heavy atom. The highest BCUT2D eigenvalue weighted by atomic mass is 35.5. The van der Waals surface area contributed by atoms with Crippen molar-refractivity contribution in [1.29, 1.82) is 0 Å². The molecule has 1 amide bonds. The minimum absolute atomic E-state index is 0.0237. The number of anilines is 2. The molecule has 326 valence electrons. The molecule has 1 aliphatic carbocycles. The molecule has 3 aromatic carbocycles. The predicted octanol–water partition coefficient (Wildman–Crippen LogP) is 7.79. The lowest BCUT2D eigenvalue weighted by Crippen LogP contribution is -2.52. The molecule has 2 fully saturated rings. The third-order valence-electron chi connectivity index (χ3n) is 11.6. The number of nitro benzene ring substituents is 1. The fourth-order valence-corrected chi connectivity index (χ4v) is 9.38. The topological polar surface area (TPSA) is 181 Å². The van der Waals surface area contributed by atoms with Crippen LogP contribution in [0.3, 0.4) is 0 Å². The van der Waals surface area contributed by atoms with Gasteiger partial charge in [0, 0.05) is 73.2 Å². The van der Waals surface area contributed by atoms with Crippen molar-refractivity contribution in [2.45, 2.75) is 50.2 Å². The number of aromatic nitrogens is 2. The number of ether oxygens (including phenoxy) is 3. The van der Waals surface area contributed by atoms with Crippen molar-refractivity contribution >= 4 is 61.2 Å². The normalized spacial score (nSPS) is 20.0. The largest absolute Gasteiger partial charge is 0.455 e. The van der Waals surface area contributed by atoms with Crippen LogP contribution in [0.2, 0.25) is 5.02 Å². The zero-order chi connectivity index (χ0) is 43.5. The average molecular weight is 888 g/mol. The van der Waals surface area contributed by atoms with Gasteiger partial charge in [0.25, 0.3) is 21.6 Å². The van der Waals surface area contributed by atoms with Crippen molar-refractivity contribution in [2.75, 3.05) is 62.8 Å². The SMILES string of the molecule is C[C@@H]1CCC(CN2CCN(c3ccc(C(=O)NS(=O)(=O)c4cc(F)c(NC[C@H]5COCCO5)c([N+](=O)[O-])c4)c(Oc4cnc5[nH]ccc5c4)c3)C[C@H]2C)=C(c2ccc(Cl)cc2)C1. The number of nitro groups is 1. The number of aromatic amines is 1. The number of piperazine rings is 1. The summed E-state index contributed by atoms with van der Waals surface area (Å²) in [6, 6.07) is 18.0. The van der Waals surface area contributed by atoms with Crippen LogP contribution in [0.4, 0.5) is 21.5 Å². The molecule has 0 unspecified atom stereocenters. The molecule has 18 heteroatoms. The van der Waals surface area contributed by atoms with E-state index in [2.05, 4.69) is 51.1 Å². The van der Waals surface area contributed by atoms with Gasteiger partial charge < -0.3 is 29.4 Å². The highest BCUT2D eigenvalue weighted by Crippen LogP contribution is 2.38. The number of carbonyl (C=O) groups is 1. The molecule has 4 heterocycles. The lowest BCUT2D eigenvalue weighted by Gasteiger charge is -2.42. The van der Waals surface area contributed by atoms with Gasteiger partial charge in [-0.05, 0) is 85.7 Å². The summed E-state index contributed by atoms with van der Waals surface area (Å²) in [4.78, 5) is 36.3. The summed E-state index contributed by atoms with van der Waals surface area (Å²) in [6.45, 7) is 8.35. The van der Waals surface area contributed by atoms with Gasteiger partial charge in [-0.15, -0.1) is 0 Å². The number of pyridine rings is 1. The smallest absolute Gasteiger partial charge is 0.296 e. The molecule has 5 aromatic rings. The molecule has 3 N–H and O–H groups in total. The fraction of sp³-hybridized carbons (Fsp3) is 0.364. The van der Waals surface area contributed by atoms with Crippen molar-refractivity contribution in [1.82, 2.24) is 19.6 Å². The van der Waals surface area contributed by atoms with E-state index in [0.29, 0.717) is 60.8 Å². The summed E-state index contributed by atoms with van der Waals surface area (Å²) in [5.74, 6) is -1.36. The summed E-state index contributed by atoms with van der Waals surface area (Å²) in [7, 11) is -4.85. The van der Waals surface area contributed by atoms with Crippen LogP contribution in [-0.4, -0.2) is 98.8 Å². The first-order chi connectivity index (χ1) is 29.8. The molecular weight excluding hydrogens is 841 g/mol. The van der Waals surface area contributed by atoms with E-state index in [0.717, 1.165) is 43.4 Å². The van der Waals surface area contributed by atoms with Crippen LogP contribution in [0.15, 0.2) is 89.6 Å². The van der Waals surface area contributed by atoms with Crippen LogP contribution in [0.5, 0.6) is 11.5 Å². The average Bonchev–Trinajstić information content (AvgIpc) is 3.73. The summed E-state index contributed by atoms with van der Waals surface area (Å²) in [5, 5.41) is 16.1. The number of amides is 1. The van der Waals surface area contributed by atoms with Crippen molar-refractivity contribution < 1.29 is 36.7 Å². The molecule has 15 nitrogen and oxygen atoms in total. The lowest BCUT2D eigenvalue weighted by molar-refractivity contribution is -0.384. The van der Waals surface area contributed by atoms with Gasteiger partial charge in [0.05, 0.1) is 47.5 Å². The number of H-pyrrole nitrogens is 1. The maximum atomic E-state index is 15.5. The molecule has 2 aliphatic heterocycles. The van der Waals surface area contributed by atoms with Gasteiger partial charge >= 0.3 is 0 Å². The number of sulfonamides is 1. The number of nitrogens with one attached hydrogen (secondary N) is 3. The molecule has 0 radical (unpaired) electrons. The third-order valence-corrected chi connectivity index (χ3v) is 13.2. The number of nitrogens with zero attached hydrogens (tertiary/aromatic N) is 4. The molecule has 3 atom stereocenters. The van der Waals surface area contributed by atoms with Crippen molar-refractivity contribution in [3.63, 3.8) is 0 Å². The Labute approximate surface area is 363 Å². The lowest BCUT2D eigenvalue weighted by atomic mass is 9.81. The molecular formula is C44H47ClFN7O8S. The van der Waals surface area contributed by atoms with Gasteiger partial charge in [0.2, 0.25) is 0 Å². The van der Waals surface area contributed by atoms with Crippen molar-refractivity contribution in [3.05, 3.63) is 117 Å². The van der Waals surface area contributed by atoms with Gasteiger partial charge in [-0.2, -0.15) is 0 Å². The minimum atomic E-state index is -4.85. The zero-order valence-electron chi connectivity index (χ0n) is 34.2. The number of hydrogen-bond acceptors (Lipinski definition) is 12. The fourth-order valence-electron chi connectivity index (χ4n) is 8.25. The summed E-state index contributed by atoms with van der Waals surface area (Å²) < 4.78 is 61.8. The molecule has 62 heavy (non-hydrogen) atoms. The van der Waals surface area contributed by atoms with Gasteiger partial charge in [-0.1, -0.05) is 36.2 Å². The molecule has 0 spiro atoms. The van der Waals surface area contributed by atoms with E-state index in [1.165, 1.54) is 29.0 Å². The molecule has 2 aromatic heterocycles. The second-order valence-corrected chi connectivity index (χ2v) is 18.1. The Bertz CT molecular complexity index is 2620. The number of hydrogen-bond donors (Lipinski definition) is 3. The standard InChI is InChI=1S/C44H47ClFN7O8S/c1-27-3-4-31(38(17-27)29-5-7-32(45)8-6-29)25-51-13-14-52(24-28(51)2)33-9-10-37(41(19-33)61-34-18-30-11-12-47-43(30)49-22-34)44(54)50-62(57,58)36-20-39(46)42(40(21-36)53(55)56)48-23-35-26-59-15-16-60-35/h5-12,18-22,27-28,35,48H,3-4,13-17,23-26H2,1-2H3,(H,47,49)(H,50,54)/t27-,28-,35+/m1/s1. The van der Waals surface area contributed by atoms with E-state index in [-0.39, 0.29) is 30.5 Å². The number of carbonyl (C=O) groups excluding carboxylic acids is 1. The Kier molecular flexibility index (Phi) is 12.8. The van der Waals surface area contributed by atoms with Crippen molar-refractivity contribution in [2.24, 2.45) is 5.92 Å². The van der Waals surface area contributed by atoms with Gasteiger partial charge in [0.15, 0.2) is 5.82 Å². The van der Waals surface area contributed by atoms with E-state index >= 15 is 4.39 Å². The maximum Gasteiger partial charge on any atom is 0.296 e. The first kappa shape index (κ1) is 43.1. The van der Waals surface area contributed by atoms with E-state index < -0.39 is 49.0 Å². The zero-order valence-corrected chi connectivity index (χ0v) is 35.8. The van der Waals surface area contributed by atoms with Crippen LogP contribution >= 0.6 is 11.6 Å². The molecule has 8 rings (SSSR count). The molecule has 2 saturated heterocycles. The maximum absolute atomic E-state index is 15.5. The third kappa shape index (κ3) is 9.71. The van der Waals surface area contributed by atoms with Crippen LogP contribution < -0.4 is 19.7 Å². The number of halogens is 2. The van der Waals surface area contributed by atoms with Gasteiger partial charge in [-0.25, -0.2) is 22.5 Å². The van der Waals surface area contributed by atoms with Gasteiger partial charge in [0.1, 0.15) is 22.8 Å². The Balaban J connectivity index is 1.03. The number of rotatable bonds is 13. The van der Waals surface area contributed by atoms with E-state index in [9.17, 15) is 23.3 Å². The summed E-state index contributed by atoms with van der Waals surface area (Å²) in [6.07, 6.45) is 5.92. The molecule has 0 saturated carbocycles. The van der Waals surface area contributed by atoms with Crippen LogP contribution in [-0.2, 0) is 19.5 Å². The number of fused-ring (bicyclic) bond motifs is 1. The second kappa shape index (κ2) is 18.4. The Hall–Kier alpha value is -5.59. The van der Waals surface area contributed by atoms with E-state index in [1.54, 1.807) is 24.4 Å². The molecule has 3 aliphatic rings. The van der Waals surface area contributed by atoms with Crippen LogP contribution in [0.1, 0.15) is 49.0 Å². The van der Waals surface area contributed by atoms with E-state index in [1.807, 2.05) is 22.9 Å². The number of benzene rings is 3. The summed E-state index contributed by atoms with van der Waals surface area (Å²) in [5.41, 5.74) is 3.94. The highest BCUT2D eigenvalue weighted by Gasteiger charge is 2.31. The first-order valence-corrected chi connectivity index (χ1v) is 22.4. The predicted molar refractivity (Wildman–Crippen MR) is 234 cm³/mol. The first-order valence-electron chi connectivity index (χ1n) is 20.5. The molecule has 0 bridgehead atoms. The van der Waals surface area contributed by atoms with Gasteiger partial charge in [-0.3, -0.25) is 19.8 Å². The minimum Gasteiger partial charge on any atom is -0.455 e. The second-order valence-electron chi connectivity index (χ2n) is 16.0. The van der Waals surface area contributed by atoms with E-state index in [4.69, 9.17) is 25.8 Å². The monoisotopic (exact) mass is 887 g/mol. The Morgan fingerprint density at radius 3 is 2.68 bits per heavy atom. The van der Waals surface area contributed by atoms with Crippen LogP contribution in [0, 0.1) is 21.8 Å².